The van der Waals surface area contributed by atoms with E-state index in [-0.39, 0.29) is 5.91 Å². The third kappa shape index (κ3) is 2.89. The zero-order valence-electron chi connectivity index (χ0n) is 11.2. The molecule has 1 aliphatic heterocycles. The molecular formula is C14H23NO2. The van der Waals surface area contributed by atoms with Gasteiger partial charge in [0.1, 0.15) is 6.73 Å². The van der Waals surface area contributed by atoms with Gasteiger partial charge >= 0.3 is 0 Å². The van der Waals surface area contributed by atoms with Gasteiger partial charge in [0.05, 0.1) is 6.10 Å². The second-order valence-corrected chi connectivity index (χ2v) is 5.47. The summed E-state index contributed by atoms with van der Waals surface area (Å²) in [6, 6.07) is 0.351. The van der Waals surface area contributed by atoms with Crippen LogP contribution in [0.1, 0.15) is 52.9 Å². The molecule has 1 unspecified atom stereocenters. The summed E-state index contributed by atoms with van der Waals surface area (Å²) in [7, 11) is 0. The van der Waals surface area contributed by atoms with E-state index in [0.29, 0.717) is 25.3 Å². The van der Waals surface area contributed by atoms with Crippen LogP contribution in [0.3, 0.4) is 0 Å². The van der Waals surface area contributed by atoms with Gasteiger partial charge in [-0.25, -0.2) is 0 Å². The fourth-order valence-electron chi connectivity index (χ4n) is 2.61. The number of rotatable bonds is 3. The van der Waals surface area contributed by atoms with Crippen molar-refractivity contribution < 1.29 is 9.53 Å². The van der Waals surface area contributed by atoms with Crippen LogP contribution in [-0.2, 0) is 9.53 Å². The highest BCUT2D eigenvalue weighted by atomic mass is 16.5. The monoisotopic (exact) mass is 237 g/mol. The van der Waals surface area contributed by atoms with Gasteiger partial charge in [0, 0.05) is 12.5 Å². The van der Waals surface area contributed by atoms with Crippen LogP contribution in [0.15, 0.2) is 11.1 Å². The van der Waals surface area contributed by atoms with E-state index in [1.165, 1.54) is 11.1 Å². The summed E-state index contributed by atoms with van der Waals surface area (Å²) in [6.45, 7) is 6.98. The molecule has 1 saturated heterocycles. The molecule has 1 fully saturated rings. The van der Waals surface area contributed by atoms with Crippen molar-refractivity contribution in [1.82, 2.24) is 4.90 Å². The number of ether oxygens (including phenoxy) is 1. The predicted octanol–water partition coefficient (Wildman–Crippen LogP) is 2.86. The van der Waals surface area contributed by atoms with Crippen molar-refractivity contribution in [2.45, 2.75) is 65.0 Å². The average molecular weight is 237 g/mol. The average Bonchev–Trinajstić information content (AvgIpc) is 2.61. The van der Waals surface area contributed by atoms with E-state index in [0.717, 1.165) is 25.7 Å². The summed E-state index contributed by atoms with van der Waals surface area (Å²) < 4.78 is 5.90. The van der Waals surface area contributed by atoms with Crippen LogP contribution < -0.4 is 0 Å². The molecule has 0 radical (unpaired) electrons. The molecule has 0 spiro atoms. The molecule has 2 rings (SSSR count). The maximum Gasteiger partial charge on any atom is 0.224 e. The highest BCUT2D eigenvalue weighted by Crippen LogP contribution is 2.27. The second-order valence-electron chi connectivity index (χ2n) is 5.47. The van der Waals surface area contributed by atoms with Crippen LogP contribution in [0.5, 0.6) is 0 Å². The van der Waals surface area contributed by atoms with Crippen molar-refractivity contribution in [2.75, 3.05) is 6.73 Å². The molecule has 3 nitrogen and oxygen atoms in total. The fourth-order valence-corrected chi connectivity index (χ4v) is 2.61. The zero-order valence-corrected chi connectivity index (χ0v) is 11.2. The standard InChI is InChI=1S/C14H23NO2/c1-10-4-6-13(8-11(10)2)17-9-15-12(3)5-7-14(15)16/h12-13H,4-9H2,1-3H3/t12-,13?/m1/s1. The molecule has 0 aromatic heterocycles. The van der Waals surface area contributed by atoms with Gasteiger partial charge in [-0.3, -0.25) is 4.79 Å². The third-order valence-electron chi connectivity index (χ3n) is 4.18. The maximum absolute atomic E-state index is 11.6. The molecule has 2 atom stereocenters. The summed E-state index contributed by atoms with van der Waals surface area (Å²) in [4.78, 5) is 13.5. The summed E-state index contributed by atoms with van der Waals surface area (Å²) in [5.41, 5.74) is 2.97. The van der Waals surface area contributed by atoms with Crippen molar-refractivity contribution in [1.29, 1.82) is 0 Å². The topological polar surface area (TPSA) is 29.5 Å². The van der Waals surface area contributed by atoms with Crippen LogP contribution in [0.25, 0.3) is 0 Å². The lowest BCUT2D eigenvalue weighted by atomic mass is 9.92. The molecule has 1 amide bonds. The minimum atomic E-state index is 0.247. The third-order valence-corrected chi connectivity index (χ3v) is 4.18. The summed E-state index contributed by atoms with van der Waals surface area (Å²) >= 11 is 0. The lowest BCUT2D eigenvalue weighted by molar-refractivity contribution is -0.136. The minimum Gasteiger partial charge on any atom is -0.357 e. The highest BCUT2D eigenvalue weighted by Gasteiger charge is 2.28. The van der Waals surface area contributed by atoms with E-state index < -0.39 is 0 Å². The molecule has 0 aromatic rings. The number of amides is 1. The Labute approximate surface area is 104 Å². The Hall–Kier alpha value is -0.830. The summed E-state index contributed by atoms with van der Waals surface area (Å²) in [6.07, 6.45) is 5.24. The van der Waals surface area contributed by atoms with Crippen LogP contribution in [0.2, 0.25) is 0 Å². The van der Waals surface area contributed by atoms with Crippen molar-refractivity contribution in [3.63, 3.8) is 0 Å². The zero-order chi connectivity index (χ0) is 12.4. The van der Waals surface area contributed by atoms with Crippen molar-refractivity contribution in [3.8, 4) is 0 Å². The number of carbonyl (C=O) groups is 1. The first-order chi connectivity index (χ1) is 8.08. The molecule has 17 heavy (non-hydrogen) atoms. The molecule has 96 valence electrons. The first-order valence-corrected chi connectivity index (χ1v) is 6.64. The molecule has 0 saturated carbocycles. The Balaban J connectivity index is 1.81. The van der Waals surface area contributed by atoms with Crippen molar-refractivity contribution >= 4 is 5.91 Å². The Bertz CT molecular complexity index is 335. The fraction of sp³-hybridized carbons (Fsp3) is 0.786. The van der Waals surface area contributed by atoms with Crippen LogP contribution >= 0.6 is 0 Å². The molecule has 1 aliphatic carbocycles. The van der Waals surface area contributed by atoms with E-state index in [2.05, 4.69) is 20.8 Å². The molecule has 0 aromatic carbocycles. The van der Waals surface area contributed by atoms with Crippen molar-refractivity contribution in [3.05, 3.63) is 11.1 Å². The number of carbonyl (C=O) groups excluding carboxylic acids is 1. The van der Waals surface area contributed by atoms with Crippen LogP contribution in [0, 0.1) is 0 Å². The molecule has 1 heterocycles. The molecule has 0 N–H and O–H groups in total. The Morgan fingerprint density at radius 1 is 1.24 bits per heavy atom. The number of likely N-dealkylation sites (tertiary alicyclic amines) is 1. The van der Waals surface area contributed by atoms with Gasteiger partial charge in [-0.2, -0.15) is 0 Å². The molecular weight excluding hydrogens is 214 g/mol. The van der Waals surface area contributed by atoms with E-state index in [9.17, 15) is 4.79 Å². The second kappa shape index (κ2) is 5.21. The minimum absolute atomic E-state index is 0.247. The van der Waals surface area contributed by atoms with Gasteiger partial charge in [0.25, 0.3) is 0 Å². The lowest BCUT2D eigenvalue weighted by Gasteiger charge is -2.28. The molecule has 0 bridgehead atoms. The van der Waals surface area contributed by atoms with Gasteiger partial charge in [-0.15, -0.1) is 0 Å². The summed E-state index contributed by atoms with van der Waals surface area (Å²) in [5, 5.41) is 0. The van der Waals surface area contributed by atoms with E-state index >= 15 is 0 Å². The largest absolute Gasteiger partial charge is 0.357 e. The quantitative estimate of drug-likeness (QED) is 0.706. The van der Waals surface area contributed by atoms with E-state index in [1.807, 2.05) is 4.90 Å². The normalized spacial score (nSPS) is 30.3. The SMILES string of the molecule is CC1=C(C)CC(OCN2C(=O)CC[C@H]2C)CC1. The van der Waals surface area contributed by atoms with Crippen LogP contribution in [-0.4, -0.2) is 29.7 Å². The number of allylic oxidation sites excluding steroid dienone is 1. The number of nitrogens with zero attached hydrogens (tertiary/aromatic N) is 1. The van der Waals surface area contributed by atoms with Crippen molar-refractivity contribution in [2.24, 2.45) is 0 Å². The van der Waals surface area contributed by atoms with Gasteiger partial charge in [0.15, 0.2) is 0 Å². The Morgan fingerprint density at radius 2 is 2.00 bits per heavy atom. The first-order valence-electron chi connectivity index (χ1n) is 6.64. The smallest absolute Gasteiger partial charge is 0.224 e. The Kier molecular flexibility index (Phi) is 3.87. The molecule has 3 heteroatoms. The van der Waals surface area contributed by atoms with E-state index in [4.69, 9.17) is 4.74 Å². The summed E-state index contributed by atoms with van der Waals surface area (Å²) in [5.74, 6) is 0.247. The predicted molar refractivity (Wildman–Crippen MR) is 67.5 cm³/mol. The van der Waals surface area contributed by atoms with Gasteiger partial charge in [-0.1, -0.05) is 11.1 Å². The van der Waals surface area contributed by atoms with Gasteiger partial charge in [-0.05, 0) is 46.5 Å². The lowest BCUT2D eigenvalue weighted by Crippen LogP contribution is -2.35. The number of hydrogen-bond donors (Lipinski definition) is 0. The van der Waals surface area contributed by atoms with Crippen LogP contribution in [0.4, 0.5) is 0 Å². The maximum atomic E-state index is 11.6. The highest BCUT2D eigenvalue weighted by molar-refractivity contribution is 5.78. The Morgan fingerprint density at radius 3 is 2.59 bits per heavy atom. The van der Waals surface area contributed by atoms with E-state index in [1.54, 1.807) is 0 Å². The van der Waals surface area contributed by atoms with Gasteiger partial charge in [0.2, 0.25) is 5.91 Å². The number of hydrogen-bond acceptors (Lipinski definition) is 2. The van der Waals surface area contributed by atoms with Gasteiger partial charge < -0.3 is 9.64 Å². The molecule has 2 aliphatic rings. The first kappa shape index (κ1) is 12.6.